The Morgan fingerprint density at radius 1 is 0.967 bits per heavy atom. The zero-order chi connectivity index (χ0) is 21.1. The number of fused-ring (bicyclic) bond motifs is 1. The Labute approximate surface area is 181 Å². The molecule has 3 aromatic carbocycles. The van der Waals surface area contributed by atoms with Gasteiger partial charge in [-0.1, -0.05) is 68.8 Å². The number of halogens is 1. The molecule has 0 saturated carbocycles. The molecule has 1 heterocycles. The summed E-state index contributed by atoms with van der Waals surface area (Å²) >= 11 is 6.15. The third kappa shape index (κ3) is 4.52. The molecule has 4 heteroatoms. The minimum Gasteiger partial charge on any atom is -0.436 e. The molecule has 0 aliphatic carbocycles. The lowest BCUT2D eigenvalue weighted by Crippen LogP contribution is -2.10. The molecule has 4 aromatic rings. The van der Waals surface area contributed by atoms with Crippen molar-refractivity contribution in [3.8, 4) is 11.5 Å². The van der Waals surface area contributed by atoms with Crippen molar-refractivity contribution < 1.29 is 4.42 Å². The molecule has 0 aliphatic rings. The summed E-state index contributed by atoms with van der Waals surface area (Å²) in [4.78, 5) is 9.13. The smallest absolute Gasteiger partial charge is 0.227 e. The molecule has 0 spiro atoms. The molecule has 0 atom stereocenters. The minimum absolute atomic E-state index is 0.118. The second-order valence-corrected chi connectivity index (χ2v) is 8.56. The summed E-state index contributed by atoms with van der Waals surface area (Å²) in [5.41, 5.74) is 5.67. The summed E-state index contributed by atoms with van der Waals surface area (Å²) in [5.74, 6) is 0.616. The van der Waals surface area contributed by atoms with E-state index in [2.05, 4.69) is 55.0 Å². The number of rotatable bonds is 4. The predicted molar refractivity (Wildman–Crippen MR) is 127 cm³/mol. The maximum absolute atomic E-state index is 6.15. The highest BCUT2D eigenvalue weighted by Gasteiger charge is 2.14. The second-order valence-electron chi connectivity index (χ2n) is 8.16. The van der Waals surface area contributed by atoms with E-state index < -0.39 is 0 Å². The van der Waals surface area contributed by atoms with Gasteiger partial charge in [0.05, 0.1) is 5.69 Å². The van der Waals surface area contributed by atoms with Crippen molar-refractivity contribution in [2.45, 2.75) is 26.2 Å². The molecule has 1 aromatic heterocycles. The van der Waals surface area contributed by atoms with E-state index in [1.54, 1.807) is 6.21 Å². The Hall–Kier alpha value is -3.17. The van der Waals surface area contributed by atoms with Gasteiger partial charge in [0.15, 0.2) is 5.58 Å². The van der Waals surface area contributed by atoms with Gasteiger partial charge in [0, 0.05) is 16.8 Å². The molecule has 4 rings (SSSR count). The van der Waals surface area contributed by atoms with Crippen LogP contribution in [0.3, 0.4) is 0 Å². The molecule has 0 bridgehead atoms. The van der Waals surface area contributed by atoms with Crippen molar-refractivity contribution >= 4 is 40.7 Å². The van der Waals surface area contributed by atoms with Gasteiger partial charge in [-0.2, -0.15) is 0 Å². The predicted octanol–water partition coefficient (Wildman–Crippen LogP) is 7.86. The monoisotopic (exact) mass is 414 g/mol. The molecule has 0 unspecified atom stereocenters. The first-order chi connectivity index (χ1) is 14.4. The maximum Gasteiger partial charge on any atom is 0.227 e. The number of hydrogen-bond acceptors (Lipinski definition) is 3. The van der Waals surface area contributed by atoms with Crippen LogP contribution in [0.5, 0.6) is 0 Å². The third-order valence-corrected chi connectivity index (χ3v) is 5.20. The van der Waals surface area contributed by atoms with Crippen LogP contribution in [0.2, 0.25) is 5.02 Å². The van der Waals surface area contributed by atoms with Crippen LogP contribution in [0.1, 0.15) is 31.9 Å². The average Bonchev–Trinajstić information content (AvgIpc) is 3.15. The van der Waals surface area contributed by atoms with Crippen molar-refractivity contribution in [3.05, 3.63) is 89.0 Å². The zero-order valence-corrected chi connectivity index (χ0v) is 18.0. The van der Waals surface area contributed by atoms with Gasteiger partial charge in [0.2, 0.25) is 5.89 Å². The van der Waals surface area contributed by atoms with Crippen molar-refractivity contribution in [2.24, 2.45) is 4.99 Å². The molecule has 0 saturated heterocycles. The van der Waals surface area contributed by atoms with Crippen LogP contribution in [0.15, 0.2) is 82.2 Å². The van der Waals surface area contributed by atoms with E-state index in [0.717, 1.165) is 27.9 Å². The highest BCUT2D eigenvalue weighted by atomic mass is 35.5. The number of aliphatic imine (C=N–C) groups is 1. The Morgan fingerprint density at radius 3 is 2.47 bits per heavy atom. The van der Waals surface area contributed by atoms with Crippen molar-refractivity contribution in [2.75, 3.05) is 0 Å². The molecule has 0 radical (unpaired) electrons. The number of nitrogens with zero attached hydrogens (tertiary/aromatic N) is 2. The quantitative estimate of drug-likeness (QED) is 0.319. The lowest BCUT2D eigenvalue weighted by Gasteiger charge is -2.18. The van der Waals surface area contributed by atoms with Gasteiger partial charge in [-0.05, 0) is 59.0 Å². The van der Waals surface area contributed by atoms with Crippen LogP contribution in [0.25, 0.3) is 28.6 Å². The fourth-order valence-corrected chi connectivity index (χ4v) is 3.32. The summed E-state index contributed by atoms with van der Waals surface area (Å²) in [6, 6.07) is 21.8. The molecular formula is C26H23ClN2O. The van der Waals surface area contributed by atoms with Crippen LogP contribution in [0, 0.1) is 0 Å². The molecule has 3 nitrogen and oxygen atoms in total. The van der Waals surface area contributed by atoms with Crippen LogP contribution in [0.4, 0.5) is 5.69 Å². The summed E-state index contributed by atoms with van der Waals surface area (Å²) in [7, 11) is 0. The van der Waals surface area contributed by atoms with Gasteiger partial charge >= 0.3 is 0 Å². The maximum atomic E-state index is 6.15. The van der Waals surface area contributed by atoms with E-state index in [4.69, 9.17) is 16.0 Å². The standard InChI is InChI=1S/C26H23ClN2O/c1-26(2,3)20-12-10-19(11-13-20)25-29-23-17-21(14-15-24(23)30-25)28-16-6-8-18-7-4-5-9-22(18)27/h4-17H,1-3H3/b8-6+,28-16?. The highest BCUT2D eigenvalue weighted by molar-refractivity contribution is 6.32. The van der Waals surface area contributed by atoms with Crippen LogP contribution < -0.4 is 0 Å². The first kappa shape index (κ1) is 20.1. The van der Waals surface area contributed by atoms with Gasteiger partial charge in [0.25, 0.3) is 0 Å². The first-order valence-electron chi connectivity index (χ1n) is 9.87. The first-order valence-corrected chi connectivity index (χ1v) is 10.2. The Balaban J connectivity index is 1.53. The van der Waals surface area contributed by atoms with E-state index in [1.807, 2.05) is 54.6 Å². The van der Waals surface area contributed by atoms with Gasteiger partial charge in [-0.25, -0.2) is 4.98 Å². The fourth-order valence-electron chi connectivity index (χ4n) is 3.12. The Kier molecular flexibility index (Phi) is 5.56. The van der Waals surface area contributed by atoms with Crippen LogP contribution in [-0.2, 0) is 5.41 Å². The number of benzene rings is 3. The highest BCUT2D eigenvalue weighted by Crippen LogP contribution is 2.29. The number of allylic oxidation sites excluding steroid dienone is 1. The number of hydrogen-bond donors (Lipinski definition) is 0. The molecule has 0 fully saturated rings. The lowest BCUT2D eigenvalue weighted by molar-refractivity contribution is 0.589. The molecular weight excluding hydrogens is 392 g/mol. The lowest BCUT2D eigenvalue weighted by atomic mass is 9.87. The molecule has 0 N–H and O–H groups in total. The van der Waals surface area contributed by atoms with Gasteiger partial charge in [-0.15, -0.1) is 0 Å². The van der Waals surface area contributed by atoms with E-state index in [-0.39, 0.29) is 5.41 Å². The van der Waals surface area contributed by atoms with E-state index in [0.29, 0.717) is 10.9 Å². The summed E-state index contributed by atoms with van der Waals surface area (Å²) < 4.78 is 5.94. The largest absolute Gasteiger partial charge is 0.436 e. The fraction of sp³-hybridized carbons (Fsp3) is 0.154. The molecule has 0 aliphatic heterocycles. The van der Waals surface area contributed by atoms with E-state index in [9.17, 15) is 0 Å². The van der Waals surface area contributed by atoms with Gasteiger partial charge < -0.3 is 4.42 Å². The molecule has 150 valence electrons. The normalized spacial score (nSPS) is 12.4. The molecule has 0 amide bonds. The summed E-state index contributed by atoms with van der Waals surface area (Å²) in [5, 5.41) is 0.717. The third-order valence-electron chi connectivity index (χ3n) is 4.86. The number of aromatic nitrogens is 1. The summed E-state index contributed by atoms with van der Waals surface area (Å²) in [6.45, 7) is 6.60. The van der Waals surface area contributed by atoms with Gasteiger partial charge in [-0.3, -0.25) is 4.99 Å². The molecule has 30 heavy (non-hydrogen) atoms. The van der Waals surface area contributed by atoms with E-state index >= 15 is 0 Å². The van der Waals surface area contributed by atoms with Crippen molar-refractivity contribution in [1.82, 2.24) is 4.98 Å². The summed E-state index contributed by atoms with van der Waals surface area (Å²) in [6.07, 6.45) is 5.55. The Morgan fingerprint density at radius 2 is 1.73 bits per heavy atom. The topological polar surface area (TPSA) is 38.4 Å². The number of oxazole rings is 1. The minimum atomic E-state index is 0.118. The van der Waals surface area contributed by atoms with E-state index in [1.165, 1.54) is 5.56 Å². The van der Waals surface area contributed by atoms with Crippen LogP contribution >= 0.6 is 11.6 Å². The Bertz CT molecular complexity index is 1230. The van der Waals surface area contributed by atoms with Crippen molar-refractivity contribution in [1.29, 1.82) is 0 Å². The van der Waals surface area contributed by atoms with Crippen LogP contribution in [-0.4, -0.2) is 11.2 Å². The SMILES string of the molecule is CC(C)(C)c1ccc(-c2nc3cc(N=C/C=C/c4ccccc4Cl)ccc3o2)cc1. The average molecular weight is 415 g/mol. The second kappa shape index (κ2) is 8.29. The van der Waals surface area contributed by atoms with Gasteiger partial charge in [0.1, 0.15) is 5.52 Å². The zero-order valence-electron chi connectivity index (χ0n) is 17.3. The van der Waals surface area contributed by atoms with Crippen molar-refractivity contribution in [3.63, 3.8) is 0 Å².